The molecule has 1 N–H and O–H groups in total. The van der Waals surface area contributed by atoms with Crippen LogP contribution in [-0.4, -0.2) is 44.8 Å². The maximum Gasteiger partial charge on any atom is 0.332 e. The maximum absolute atomic E-state index is 13.7. The number of aliphatic hydroxyl groups excluding tert-OH is 1. The van der Waals surface area contributed by atoms with Crippen molar-refractivity contribution in [2.24, 2.45) is 7.05 Å². The monoisotopic (exact) mass is 497 g/mol. The molecule has 0 radical (unpaired) electrons. The molecule has 2 aromatic heterocycles. The van der Waals surface area contributed by atoms with E-state index in [1.165, 1.54) is 15.3 Å². The molecule has 2 unspecified atom stereocenters. The molecule has 2 atom stereocenters. The largest absolute Gasteiger partial charge is 0.489 e. The Morgan fingerprint density at radius 3 is 2.61 bits per heavy atom. The minimum atomic E-state index is -1.14. The van der Waals surface area contributed by atoms with Gasteiger partial charge in [-0.3, -0.25) is 13.9 Å². The first-order valence-electron chi connectivity index (χ1n) is 12.5. The topological polar surface area (TPSA) is 105 Å². The lowest BCUT2D eigenvalue weighted by Crippen LogP contribution is -2.40. The summed E-state index contributed by atoms with van der Waals surface area (Å²) in [6.07, 6.45) is 3.30. The Balaban J connectivity index is 1.75. The fourth-order valence-corrected chi connectivity index (χ4v) is 4.47. The number of hydrogen-bond acceptors (Lipinski definition) is 7. The lowest BCUT2D eigenvalue weighted by Gasteiger charge is -2.23. The molecule has 9 nitrogen and oxygen atoms in total. The zero-order chi connectivity index (χ0) is 25.8. The minimum absolute atomic E-state index is 0.167. The van der Waals surface area contributed by atoms with Crippen molar-refractivity contribution in [3.05, 3.63) is 68.0 Å². The fourth-order valence-electron chi connectivity index (χ4n) is 4.47. The van der Waals surface area contributed by atoms with Gasteiger partial charge in [-0.15, -0.1) is 0 Å². The number of aryl methyl sites for hydroxylation is 2. The summed E-state index contributed by atoms with van der Waals surface area (Å²) in [5.74, 6) is 0.311. The van der Waals surface area contributed by atoms with Crippen LogP contribution in [0, 0.1) is 6.92 Å². The lowest BCUT2D eigenvalue weighted by atomic mass is 9.98. The van der Waals surface area contributed by atoms with E-state index in [0.29, 0.717) is 36.5 Å². The van der Waals surface area contributed by atoms with Gasteiger partial charge < -0.3 is 19.3 Å². The summed E-state index contributed by atoms with van der Waals surface area (Å²) in [5.41, 5.74) is 1.19. The number of benzene rings is 1. The molecule has 1 aromatic carbocycles. The van der Waals surface area contributed by atoms with Gasteiger partial charge in [0.15, 0.2) is 6.29 Å². The normalized spacial score (nSPS) is 17.0. The molecule has 1 aliphatic rings. The van der Waals surface area contributed by atoms with Crippen LogP contribution in [0.2, 0.25) is 0 Å². The molecule has 1 fully saturated rings. The van der Waals surface area contributed by atoms with E-state index in [2.05, 4.69) is 4.98 Å². The summed E-state index contributed by atoms with van der Waals surface area (Å²) in [6, 6.07) is 7.43. The Labute approximate surface area is 210 Å². The second-order valence-corrected chi connectivity index (χ2v) is 9.53. The zero-order valence-corrected chi connectivity index (χ0v) is 21.4. The number of nitrogens with zero attached hydrogens (tertiary/aromatic N) is 3. The molecular formula is C27H35N3O6. The smallest absolute Gasteiger partial charge is 0.332 e. The van der Waals surface area contributed by atoms with Gasteiger partial charge in [0.1, 0.15) is 17.5 Å². The number of fused-ring (bicyclic) bond motifs is 1. The molecule has 1 aliphatic heterocycles. The molecule has 3 aromatic rings. The van der Waals surface area contributed by atoms with Crippen molar-refractivity contribution in [1.29, 1.82) is 0 Å². The number of hydrogen-bond donors (Lipinski definition) is 1. The van der Waals surface area contributed by atoms with E-state index in [4.69, 9.17) is 14.2 Å². The van der Waals surface area contributed by atoms with Gasteiger partial charge in [-0.05, 0) is 52.0 Å². The van der Waals surface area contributed by atoms with E-state index in [1.54, 1.807) is 7.05 Å². The van der Waals surface area contributed by atoms with Crippen LogP contribution in [0.5, 0.6) is 5.75 Å². The molecule has 194 valence electrons. The van der Waals surface area contributed by atoms with E-state index in [1.807, 2.05) is 45.0 Å². The number of aliphatic hydroxyl groups is 1. The van der Waals surface area contributed by atoms with E-state index < -0.39 is 17.4 Å². The Morgan fingerprint density at radius 2 is 1.94 bits per heavy atom. The molecular weight excluding hydrogens is 462 g/mol. The van der Waals surface area contributed by atoms with Crippen molar-refractivity contribution >= 4 is 11.0 Å². The van der Waals surface area contributed by atoms with Crippen molar-refractivity contribution in [1.82, 2.24) is 14.1 Å². The molecule has 9 heteroatoms. The molecule has 0 aliphatic carbocycles. The van der Waals surface area contributed by atoms with Crippen molar-refractivity contribution in [3.8, 4) is 5.75 Å². The third-order valence-electron chi connectivity index (χ3n) is 6.35. The van der Waals surface area contributed by atoms with Crippen LogP contribution in [0.15, 0.2) is 40.1 Å². The van der Waals surface area contributed by atoms with Crippen LogP contribution in [0.1, 0.15) is 62.3 Å². The minimum Gasteiger partial charge on any atom is -0.489 e. The third kappa shape index (κ3) is 5.53. The summed E-state index contributed by atoms with van der Waals surface area (Å²) in [7, 11) is 1.57. The summed E-state index contributed by atoms with van der Waals surface area (Å²) < 4.78 is 19.8. The molecule has 0 amide bonds. The number of ether oxygens (including phenoxy) is 3. The predicted molar refractivity (Wildman–Crippen MR) is 136 cm³/mol. The predicted octanol–water partition coefficient (Wildman–Crippen LogP) is 3.21. The number of aromatic nitrogens is 3. The average molecular weight is 498 g/mol. The Bertz CT molecular complexity index is 1310. The SMILES string of the molecule is Cc1ccc(C(O)c2c(OC(C)C)cnc3c2c(=O)n(CCCOC2CCCCO2)c(=O)n3C)cc1. The van der Waals surface area contributed by atoms with Gasteiger partial charge in [0.25, 0.3) is 5.56 Å². The van der Waals surface area contributed by atoms with E-state index in [9.17, 15) is 14.7 Å². The first kappa shape index (κ1) is 26.1. The van der Waals surface area contributed by atoms with Crippen molar-refractivity contribution in [2.75, 3.05) is 13.2 Å². The van der Waals surface area contributed by atoms with Crippen LogP contribution >= 0.6 is 0 Å². The molecule has 36 heavy (non-hydrogen) atoms. The molecule has 0 bridgehead atoms. The number of rotatable bonds is 9. The average Bonchev–Trinajstić information content (AvgIpc) is 2.87. The van der Waals surface area contributed by atoms with E-state index in [0.717, 1.165) is 24.8 Å². The van der Waals surface area contributed by atoms with Gasteiger partial charge in [0.05, 0.1) is 24.3 Å². The van der Waals surface area contributed by atoms with Gasteiger partial charge in [-0.25, -0.2) is 9.78 Å². The van der Waals surface area contributed by atoms with Gasteiger partial charge in [-0.2, -0.15) is 0 Å². The second kappa shape index (κ2) is 11.4. The van der Waals surface area contributed by atoms with Gasteiger partial charge in [0, 0.05) is 25.8 Å². The van der Waals surface area contributed by atoms with E-state index in [-0.39, 0.29) is 30.0 Å². The van der Waals surface area contributed by atoms with Crippen molar-refractivity contribution in [2.45, 2.75) is 71.5 Å². The number of pyridine rings is 1. The van der Waals surface area contributed by atoms with Gasteiger partial charge >= 0.3 is 5.69 Å². The Morgan fingerprint density at radius 1 is 1.19 bits per heavy atom. The fraction of sp³-hybridized carbons (Fsp3) is 0.519. The Hall–Kier alpha value is -3.01. The standard InChI is InChI=1S/C27H35N3O6/c1-17(2)36-20-16-28-25-23(22(20)24(31)19-11-9-18(3)10-12-19)26(32)30(27(33)29(25)4)13-7-15-35-21-8-5-6-14-34-21/h9-12,16-17,21,24,31H,5-8,13-15H2,1-4H3. The third-order valence-corrected chi connectivity index (χ3v) is 6.35. The molecule has 4 rings (SSSR count). The van der Waals surface area contributed by atoms with Crippen LogP contribution in [0.4, 0.5) is 0 Å². The highest BCUT2D eigenvalue weighted by molar-refractivity contribution is 5.81. The summed E-state index contributed by atoms with van der Waals surface area (Å²) >= 11 is 0. The summed E-state index contributed by atoms with van der Waals surface area (Å²) in [4.78, 5) is 31.2. The Kier molecular flexibility index (Phi) is 8.23. The highest BCUT2D eigenvalue weighted by Crippen LogP contribution is 2.34. The zero-order valence-electron chi connectivity index (χ0n) is 21.4. The van der Waals surface area contributed by atoms with Crippen LogP contribution in [0.25, 0.3) is 11.0 Å². The summed E-state index contributed by atoms with van der Waals surface area (Å²) in [6.45, 7) is 6.91. The van der Waals surface area contributed by atoms with Crippen molar-refractivity contribution < 1.29 is 19.3 Å². The first-order chi connectivity index (χ1) is 17.3. The maximum atomic E-state index is 13.7. The quantitative estimate of drug-likeness (QED) is 0.453. The second-order valence-electron chi connectivity index (χ2n) is 9.53. The molecule has 3 heterocycles. The molecule has 1 saturated heterocycles. The molecule has 0 saturated carbocycles. The van der Waals surface area contributed by atoms with Crippen molar-refractivity contribution in [3.63, 3.8) is 0 Å². The lowest BCUT2D eigenvalue weighted by molar-refractivity contribution is -0.163. The first-order valence-corrected chi connectivity index (χ1v) is 12.5. The van der Waals surface area contributed by atoms with Crippen LogP contribution < -0.4 is 16.0 Å². The van der Waals surface area contributed by atoms with Crippen LogP contribution in [-0.2, 0) is 23.1 Å². The summed E-state index contributed by atoms with van der Waals surface area (Å²) in [5, 5.41) is 11.6. The van der Waals surface area contributed by atoms with Crippen LogP contribution in [0.3, 0.4) is 0 Å². The van der Waals surface area contributed by atoms with Gasteiger partial charge in [0.2, 0.25) is 0 Å². The molecule has 0 spiro atoms. The van der Waals surface area contributed by atoms with E-state index >= 15 is 0 Å². The van der Waals surface area contributed by atoms with Gasteiger partial charge in [-0.1, -0.05) is 29.8 Å². The highest BCUT2D eigenvalue weighted by atomic mass is 16.7. The highest BCUT2D eigenvalue weighted by Gasteiger charge is 2.26.